The number of anilines is 1. The topological polar surface area (TPSA) is 26.0 Å². The molecule has 1 aromatic rings. The molecule has 2 N–H and O–H groups in total. The van der Waals surface area contributed by atoms with Crippen molar-refractivity contribution in [1.82, 2.24) is 0 Å². The average Bonchev–Trinajstić information content (AvgIpc) is 2.18. The fourth-order valence-corrected chi connectivity index (χ4v) is 2.03. The standard InChI is InChI=1S/C13H21N/c1-3-7-11(8-4-2)12-9-5-6-10-13(12)14/h5-6,9-11H,3-4,7-8,14H2,1-2H3. The number of benzene rings is 1. The highest BCUT2D eigenvalue weighted by Gasteiger charge is 2.11. The highest BCUT2D eigenvalue weighted by Crippen LogP contribution is 2.29. The van der Waals surface area contributed by atoms with Crippen molar-refractivity contribution in [2.45, 2.75) is 45.4 Å². The lowest BCUT2D eigenvalue weighted by Crippen LogP contribution is -2.02. The van der Waals surface area contributed by atoms with E-state index in [1.807, 2.05) is 12.1 Å². The molecule has 0 aliphatic carbocycles. The quantitative estimate of drug-likeness (QED) is 0.701. The van der Waals surface area contributed by atoms with Crippen molar-refractivity contribution < 1.29 is 0 Å². The molecule has 0 aliphatic rings. The van der Waals surface area contributed by atoms with E-state index in [1.54, 1.807) is 0 Å². The molecule has 0 aromatic heterocycles. The molecule has 1 heteroatoms. The van der Waals surface area contributed by atoms with E-state index in [0.29, 0.717) is 5.92 Å². The van der Waals surface area contributed by atoms with Crippen LogP contribution in [0.2, 0.25) is 0 Å². The maximum absolute atomic E-state index is 5.98. The maximum atomic E-state index is 5.98. The van der Waals surface area contributed by atoms with Gasteiger partial charge in [0.05, 0.1) is 0 Å². The van der Waals surface area contributed by atoms with Gasteiger partial charge >= 0.3 is 0 Å². The first-order valence-corrected chi connectivity index (χ1v) is 5.64. The summed E-state index contributed by atoms with van der Waals surface area (Å²) < 4.78 is 0. The SMILES string of the molecule is CCCC(CCC)c1ccccc1N. The van der Waals surface area contributed by atoms with Gasteiger partial charge in [0.2, 0.25) is 0 Å². The number of nitrogen functional groups attached to an aromatic ring is 1. The van der Waals surface area contributed by atoms with Crippen molar-refractivity contribution in [1.29, 1.82) is 0 Å². The smallest absolute Gasteiger partial charge is 0.0349 e. The van der Waals surface area contributed by atoms with Crippen LogP contribution in [0.4, 0.5) is 5.69 Å². The molecule has 1 nitrogen and oxygen atoms in total. The Hall–Kier alpha value is -0.980. The summed E-state index contributed by atoms with van der Waals surface area (Å²) in [7, 11) is 0. The Kier molecular flexibility index (Phi) is 4.51. The summed E-state index contributed by atoms with van der Waals surface area (Å²) in [4.78, 5) is 0. The number of hydrogen-bond acceptors (Lipinski definition) is 1. The summed E-state index contributed by atoms with van der Waals surface area (Å²) in [6.07, 6.45) is 4.97. The van der Waals surface area contributed by atoms with E-state index in [1.165, 1.54) is 31.2 Å². The third kappa shape index (κ3) is 2.76. The maximum Gasteiger partial charge on any atom is 0.0349 e. The highest BCUT2D eigenvalue weighted by molar-refractivity contribution is 5.48. The van der Waals surface area contributed by atoms with E-state index in [4.69, 9.17) is 5.73 Å². The largest absolute Gasteiger partial charge is 0.398 e. The number of rotatable bonds is 5. The Morgan fingerprint density at radius 2 is 1.64 bits per heavy atom. The molecule has 0 saturated carbocycles. The van der Waals surface area contributed by atoms with Crippen molar-refractivity contribution >= 4 is 5.69 Å². The van der Waals surface area contributed by atoms with Crippen LogP contribution >= 0.6 is 0 Å². The van der Waals surface area contributed by atoms with Gasteiger partial charge in [0.25, 0.3) is 0 Å². The van der Waals surface area contributed by atoms with Crippen molar-refractivity contribution in [3.8, 4) is 0 Å². The molecular weight excluding hydrogens is 170 g/mol. The second-order valence-corrected chi connectivity index (χ2v) is 3.90. The molecule has 0 amide bonds. The summed E-state index contributed by atoms with van der Waals surface area (Å²) >= 11 is 0. The first kappa shape index (κ1) is 11.1. The first-order valence-electron chi connectivity index (χ1n) is 5.64. The Morgan fingerprint density at radius 1 is 1.07 bits per heavy atom. The Balaban J connectivity index is 2.81. The van der Waals surface area contributed by atoms with Crippen molar-refractivity contribution in [2.24, 2.45) is 0 Å². The molecule has 1 rings (SSSR count). The zero-order valence-electron chi connectivity index (χ0n) is 9.29. The molecule has 0 bridgehead atoms. The van der Waals surface area contributed by atoms with Crippen LogP contribution in [0.25, 0.3) is 0 Å². The van der Waals surface area contributed by atoms with Crippen LogP contribution in [0.15, 0.2) is 24.3 Å². The highest BCUT2D eigenvalue weighted by atomic mass is 14.6. The van der Waals surface area contributed by atoms with Crippen LogP contribution in [0.5, 0.6) is 0 Å². The normalized spacial score (nSPS) is 10.8. The Bertz CT molecular complexity index is 262. The van der Waals surface area contributed by atoms with Gasteiger partial charge in [0, 0.05) is 5.69 Å². The predicted molar refractivity (Wildman–Crippen MR) is 63.4 cm³/mol. The summed E-state index contributed by atoms with van der Waals surface area (Å²) in [5.41, 5.74) is 8.28. The molecule has 0 radical (unpaired) electrons. The summed E-state index contributed by atoms with van der Waals surface area (Å²) in [5.74, 6) is 0.659. The van der Waals surface area contributed by atoms with Crippen LogP contribution < -0.4 is 5.73 Å². The summed E-state index contributed by atoms with van der Waals surface area (Å²) in [6.45, 7) is 4.48. The van der Waals surface area contributed by atoms with Gasteiger partial charge in [-0.3, -0.25) is 0 Å². The van der Waals surface area contributed by atoms with Gasteiger partial charge in [0.1, 0.15) is 0 Å². The molecule has 0 saturated heterocycles. The van der Waals surface area contributed by atoms with Crippen LogP contribution in [0.1, 0.15) is 51.0 Å². The minimum Gasteiger partial charge on any atom is -0.398 e. The van der Waals surface area contributed by atoms with E-state index in [-0.39, 0.29) is 0 Å². The number of nitrogens with two attached hydrogens (primary N) is 1. The van der Waals surface area contributed by atoms with Crippen molar-refractivity contribution in [3.05, 3.63) is 29.8 Å². The summed E-state index contributed by atoms with van der Waals surface area (Å²) in [5, 5.41) is 0. The van der Waals surface area contributed by atoms with Crippen LogP contribution in [0, 0.1) is 0 Å². The zero-order chi connectivity index (χ0) is 10.4. The first-order chi connectivity index (χ1) is 6.79. The zero-order valence-corrected chi connectivity index (χ0v) is 9.29. The number of para-hydroxylation sites is 1. The lowest BCUT2D eigenvalue weighted by atomic mass is 9.89. The van der Waals surface area contributed by atoms with E-state index in [0.717, 1.165) is 5.69 Å². The predicted octanol–water partition coefficient (Wildman–Crippen LogP) is 3.95. The number of hydrogen-bond donors (Lipinski definition) is 1. The molecule has 0 spiro atoms. The average molecular weight is 191 g/mol. The third-order valence-corrected chi connectivity index (χ3v) is 2.71. The molecule has 1 aromatic carbocycles. The van der Waals surface area contributed by atoms with E-state index >= 15 is 0 Å². The van der Waals surface area contributed by atoms with Crippen LogP contribution in [-0.2, 0) is 0 Å². The van der Waals surface area contributed by atoms with Crippen molar-refractivity contribution in [2.75, 3.05) is 5.73 Å². The minimum atomic E-state index is 0.659. The van der Waals surface area contributed by atoms with Crippen molar-refractivity contribution in [3.63, 3.8) is 0 Å². The van der Waals surface area contributed by atoms with E-state index in [9.17, 15) is 0 Å². The molecule has 0 heterocycles. The third-order valence-electron chi connectivity index (χ3n) is 2.71. The Morgan fingerprint density at radius 3 is 2.14 bits per heavy atom. The van der Waals surface area contributed by atoms with Gasteiger partial charge in [-0.1, -0.05) is 44.9 Å². The lowest BCUT2D eigenvalue weighted by molar-refractivity contribution is 0.562. The second kappa shape index (κ2) is 5.69. The molecule has 14 heavy (non-hydrogen) atoms. The fraction of sp³-hybridized carbons (Fsp3) is 0.538. The van der Waals surface area contributed by atoms with E-state index in [2.05, 4.69) is 26.0 Å². The minimum absolute atomic E-state index is 0.659. The molecule has 0 aliphatic heterocycles. The van der Waals surface area contributed by atoms with Gasteiger partial charge in [-0.15, -0.1) is 0 Å². The fourth-order valence-electron chi connectivity index (χ4n) is 2.03. The van der Waals surface area contributed by atoms with E-state index < -0.39 is 0 Å². The molecular formula is C13H21N. The second-order valence-electron chi connectivity index (χ2n) is 3.90. The molecule has 0 unspecified atom stereocenters. The molecule has 78 valence electrons. The van der Waals surface area contributed by atoms with Gasteiger partial charge in [-0.2, -0.15) is 0 Å². The lowest BCUT2D eigenvalue weighted by Gasteiger charge is -2.17. The van der Waals surface area contributed by atoms with Crippen LogP contribution in [-0.4, -0.2) is 0 Å². The monoisotopic (exact) mass is 191 g/mol. The van der Waals surface area contributed by atoms with Crippen LogP contribution in [0.3, 0.4) is 0 Å². The summed E-state index contributed by atoms with van der Waals surface area (Å²) in [6, 6.07) is 8.27. The van der Waals surface area contributed by atoms with Gasteiger partial charge < -0.3 is 5.73 Å². The Labute approximate surface area is 87.3 Å². The van der Waals surface area contributed by atoms with Gasteiger partial charge in [0.15, 0.2) is 0 Å². The van der Waals surface area contributed by atoms with Gasteiger partial charge in [-0.05, 0) is 30.4 Å². The molecule has 0 fully saturated rings. The molecule has 0 atom stereocenters. The van der Waals surface area contributed by atoms with Gasteiger partial charge in [-0.25, -0.2) is 0 Å².